The molecule has 6 heteroatoms. The molecular weight excluding hydrogens is 269 g/mol. The van der Waals surface area contributed by atoms with E-state index in [1.165, 1.54) is 12.1 Å². The summed E-state index contributed by atoms with van der Waals surface area (Å²) in [5.41, 5.74) is 7.88. The molecule has 3 rings (SSSR count). The predicted molar refractivity (Wildman–Crippen MR) is 80.4 cm³/mol. The van der Waals surface area contributed by atoms with Gasteiger partial charge in [0.25, 0.3) is 0 Å². The Hall–Kier alpha value is -2.21. The Labute approximate surface area is 122 Å². The summed E-state index contributed by atoms with van der Waals surface area (Å²) in [6, 6.07) is 4.88. The average molecular weight is 287 g/mol. The third-order valence-electron chi connectivity index (χ3n) is 3.42. The number of hydrogen-bond acceptors (Lipinski definition) is 3. The van der Waals surface area contributed by atoms with Crippen LogP contribution in [0.15, 0.2) is 30.7 Å². The first-order chi connectivity index (χ1) is 10.1. The first-order valence-corrected chi connectivity index (χ1v) is 7.00. The van der Waals surface area contributed by atoms with Gasteiger partial charge in [0.1, 0.15) is 11.5 Å². The van der Waals surface area contributed by atoms with Crippen molar-refractivity contribution in [1.82, 2.24) is 19.1 Å². The fraction of sp³-hybridized carbons (Fsp3) is 0.333. The number of benzene rings is 1. The molecule has 0 fully saturated rings. The van der Waals surface area contributed by atoms with Crippen molar-refractivity contribution in [2.45, 2.75) is 26.4 Å². The minimum absolute atomic E-state index is 0.204. The van der Waals surface area contributed by atoms with E-state index in [1.807, 2.05) is 10.8 Å². The summed E-state index contributed by atoms with van der Waals surface area (Å²) in [6.45, 7) is 5.42. The number of aromatic nitrogens is 4. The van der Waals surface area contributed by atoms with E-state index in [9.17, 15) is 4.39 Å². The Morgan fingerprint density at radius 3 is 2.86 bits per heavy atom. The van der Waals surface area contributed by atoms with Gasteiger partial charge >= 0.3 is 0 Å². The van der Waals surface area contributed by atoms with Crippen molar-refractivity contribution >= 4 is 11.0 Å². The molecule has 2 N–H and O–H groups in total. The molecular formula is C15H18FN5. The van der Waals surface area contributed by atoms with Gasteiger partial charge in [0.2, 0.25) is 0 Å². The number of imidazole rings is 2. The summed E-state index contributed by atoms with van der Waals surface area (Å²) >= 11 is 0. The van der Waals surface area contributed by atoms with Gasteiger partial charge in [0, 0.05) is 31.4 Å². The highest BCUT2D eigenvalue weighted by Crippen LogP contribution is 2.27. The fourth-order valence-electron chi connectivity index (χ4n) is 2.52. The van der Waals surface area contributed by atoms with E-state index < -0.39 is 0 Å². The van der Waals surface area contributed by atoms with Crippen molar-refractivity contribution in [1.29, 1.82) is 0 Å². The average Bonchev–Trinajstić information content (AvgIpc) is 3.02. The second-order valence-corrected chi connectivity index (χ2v) is 5.32. The van der Waals surface area contributed by atoms with Crippen LogP contribution in [0, 0.1) is 5.82 Å². The zero-order valence-electron chi connectivity index (χ0n) is 12.1. The van der Waals surface area contributed by atoms with Crippen LogP contribution in [0.5, 0.6) is 0 Å². The normalized spacial score (nSPS) is 11.7. The van der Waals surface area contributed by atoms with Crippen molar-refractivity contribution in [3.8, 4) is 11.5 Å². The monoisotopic (exact) mass is 287 g/mol. The smallest absolute Gasteiger partial charge is 0.161 e. The SMILES string of the molecule is CC(C)n1c(-c2cn(CCN)cn2)nc2cc(F)ccc21. The van der Waals surface area contributed by atoms with Gasteiger partial charge in [0.05, 0.1) is 17.4 Å². The van der Waals surface area contributed by atoms with Crippen LogP contribution in [0.3, 0.4) is 0 Å². The third kappa shape index (κ3) is 2.42. The summed E-state index contributed by atoms with van der Waals surface area (Å²) < 4.78 is 17.4. The van der Waals surface area contributed by atoms with Crippen molar-refractivity contribution < 1.29 is 4.39 Å². The summed E-state index contributed by atoms with van der Waals surface area (Å²) in [5.74, 6) is 0.470. The van der Waals surface area contributed by atoms with Crippen LogP contribution in [0.1, 0.15) is 19.9 Å². The molecule has 21 heavy (non-hydrogen) atoms. The Kier molecular flexibility index (Phi) is 3.47. The van der Waals surface area contributed by atoms with Crippen LogP contribution in [0.4, 0.5) is 4.39 Å². The number of fused-ring (bicyclic) bond motifs is 1. The molecule has 0 amide bonds. The highest BCUT2D eigenvalue weighted by Gasteiger charge is 2.17. The molecule has 0 unspecified atom stereocenters. The lowest BCUT2D eigenvalue weighted by Crippen LogP contribution is -2.07. The minimum Gasteiger partial charge on any atom is -0.335 e. The summed E-state index contributed by atoms with van der Waals surface area (Å²) in [6.07, 6.45) is 3.66. The van der Waals surface area contributed by atoms with Crippen LogP contribution in [-0.2, 0) is 6.54 Å². The molecule has 3 aromatic rings. The molecule has 0 radical (unpaired) electrons. The Morgan fingerprint density at radius 1 is 1.33 bits per heavy atom. The maximum atomic E-state index is 13.4. The van der Waals surface area contributed by atoms with E-state index in [0.717, 1.165) is 17.0 Å². The summed E-state index contributed by atoms with van der Waals surface area (Å²) in [4.78, 5) is 8.95. The third-order valence-corrected chi connectivity index (χ3v) is 3.42. The van der Waals surface area contributed by atoms with Crippen molar-refractivity contribution in [2.75, 3.05) is 6.54 Å². The van der Waals surface area contributed by atoms with E-state index in [4.69, 9.17) is 5.73 Å². The van der Waals surface area contributed by atoms with Crippen LogP contribution in [0.2, 0.25) is 0 Å². The van der Waals surface area contributed by atoms with Gasteiger partial charge in [-0.05, 0) is 26.0 Å². The predicted octanol–water partition coefficient (Wildman–Crippen LogP) is 2.58. The van der Waals surface area contributed by atoms with Gasteiger partial charge in [0.15, 0.2) is 5.82 Å². The largest absolute Gasteiger partial charge is 0.335 e. The van der Waals surface area contributed by atoms with Gasteiger partial charge in [-0.3, -0.25) is 0 Å². The molecule has 5 nitrogen and oxygen atoms in total. The lowest BCUT2D eigenvalue weighted by molar-refractivity contribution is 0.619. The zero-order valence-corrected chi connectivity index (χ0v) is 12.1. The molecule has 0 aliphatic carbocycles. The zero-order chi connectivity index (χ0) is 15.0. The van der Waals surface area contributed by atoms with E-state index >= 15 is 0 Å². The lowest BCUT2D eigenvalue weighted by atomic mass is 10.3. The topological polar surface area (TPSA) is 61.7 Å². The van der Waals surface area contributed by atoms with Crippen molar-refractivity contribution in [2.24, 2.45) is 5.73 Å². The van der Waals surface area contributed by atoms with Gasteiger partial charge in [-0.25, -0.2) is 14.4 Å². The molecule has 1 aromatic carbocycles. The first-order valence-electron chi connectivity index (χ1n) is 7.00. The first kappa shape index (κ1) is 13.8. The second-order valence-electron chi connectivity index (χ2n) is 5.32. The Morgan fingerprint density at radius 2 is 2.14 bits per heavy atom. The van der Waals surface area contributed by atoms with Crippen molar-refractivity contribution in [3.63, 3.8) is 0 Å². The summed E-state index contributed by atoms with van der Waals surface area (Å²) in [5, 5.41) is 0. The molecule has 0 spiro atoms. The molecule has 0 atom stereocenters. The minimum atomic E-state index is -0.281. The second kappa shape index (κ2) is 5.29. The number of halogens is 1. The molecule has 2 heterocycles. The Bertz CT molecular complexity index is 772. The lowest BCUT2D eigenvalue weighted by Gasteiger charge is -2.11. The van der Waals surface area contributed by atoms with E-state index in [0.29, 0.717) is 18.6 Å². The van der Waals surface area contributed by atoms with Crippen LogP contribution in [0.25, 0.3) is 22.6 Å². The number of rotatable bonds is 4. The van der Waals surface area contributed by atoms with Gasteiger partial charge in [-0.2, -0.15) is 0 Å². The molecule has 0 saturated heterocycles. The fourth-order valence-corrected chi connectivity index (χ4v) is 2.52. The van der Waals surface area contributed by atoms with Gasteiger partial charge in [-0.1, -0.05) is 0 Å². The van der Waals surface area contributed by atoms with E-state index in [2.05, 4.69) is 28.4 Å². The van der Waals surface area contributed by atoms with Crippen LogP contribution >= 0.6 is 0 Å². The van der Waals surface area contributed by atoms with Gasteiger partial charge < -0.3 is 14.9 Å². The Balaban J connectivity index is 2.18. The maximum Gasteiger partial charge on any atom is 0.161 e. The highest BCUT2D eigenvalue weighted by molar-refractivity contribution is 5.80. The van der Waals surface area contributed by atoms with E-state index in [-0.39, 0.29) is 11.9 Å². The molecule has 0 saturated carbocycles. The molecule has 2 aromatic heterocycles. The molecule has 110 valence electrons. The maximum absolute atomic E-state index is 13.4. The highest BCUT2D eigenvalue weighted by atomic mass is 19.1. The van der Waals surface area contributed by atoms with E-state index in [1.54, 1.807) is 12.4 Å². The van der Waals surface area contributed by atoms with Crippen molar-refractivity contribution in [3.05, 3.63) is 36.5 Å². The molecule has 0 aliphatic heterocycles. The van der Waals surface area contributed by atoms with Crippen LogP contribution < -0.4 is 5.73 Å². The van der Waals surface area contributed by atoms with Gasteiger partial charge in [-0.15, -0.1) is 0 Å². The molecule has 0 aliphatic rings. The summed E-state index contributed by atoms with van der Waals surface area (Å²) in [7, 11) is 0. The van der Waals surface area contributed by atoms with Crippen LogP contribution in [-0.4, -0.2) is 25.6 Å². The molecule has 0 bridgehead atoms. The number of hydrogen-bond donors (Lipinski definition) is 1. The number of nitrogens with zero attached hydrogens (tertiary/aromatic N) is 4. The number of nitrogens with two attached hydrogens (primary N) is 1. The quantitative estimate of drug-likeness (QED) is 0.802. The standard InChI is InChI=1S/C15H18FN5/c1-10(2)21-14-4-3-11(16)7-12(14)19-15(21)13-8-20(6-5-17)9-18-13/h3-4,7-10H,5-6,17H2,1-2H3.